The van der Waals surface area contributed by atoms with Gasteiger partial charge < -0.3 is 9.88 Å². The van der Waals surface area contributed by atoms with Gasteiger partial charge in [-0.2, -0.15) is 0 Å². The average Bonchev–Trinajstić information content (AvgIpc) is 2.48. The topological polar surface area (TPSA) is 42.7 Å². The molecule has 0 saturated carbocycles. The number of rotatable bonds is 1. The summed E-state index contributed by atoms with van der Waals surface area (Å²) in [6.45, 7) is 0. The van der Waals surface area contributed by atoms with Gasteiger partial charge in [-0.05, 0) is 6.07 Å². The van der Waals surface area contributed by atoms with Gasteiger partial charge in [0, 0.05) is 20.3 Å². The highest BCUT2D eigenvalue weighted by Crippen LogP contribution is 2.17. The maximum Gasteiger partial charge on any atom is 0.153 e. The molecule has 4 heteroatoms. The lowest BCUT2D eigenvalue weighted by atomic mass is 10.4. The summed E-state index contributed by atoms with van der Waals surface area (Å²) in [6, 6.07) is 1.97. The van der Waals surface area contributed by atoms with Crippen molar-refractivity contribution in [3.05, 3.63) is 18.6 Å². The first-order valence-corrected chi connectivity index (χ1v) is 3.76. The third-order valence-corrected chi connectivity index (χ3v) is 1.90. The van der Waals surface area contributed by atoms with E-state index in [1.165, 1.54) is 0 Å². The predicted molar refractivity (Wildman–Crippen MR) is 48.1 cm³/mol. The van der Waals surface area contributed by atoms with E-state index in [-0.39, 0.29) is 0 Å². The molecule has 0 aliphatic rings. The van der Waals surface area contributed by atoms with E-state index in [1.54, 1.807) is 6.33 Å². The summed E-state index contributed by atoms with van der Waals surface area (Å²) in [5.41, 5.74) is 2.01. The van der Waals surface area contributed by atoms with Crippen molar-refractivity contribution in [2.75, 3.05) is 12.4 Å². The van der Waals surface area contributed by atoms with Crippen molar-refractivity contribution in [1.29, 1.82) is 0 Å². The van der Waals surface area contributed by atoms with Crippen molar-refractivity contribution in [1.82, 2.24) is 14.5 Å². The molecule has 0 unspecified atom stereocenters. The second-order valence-electron chi connectivity index (χ2n) is 2.63. The predicted octanol–water partition coefficient (Wildman–Crippen LogP) is 1.01. The summed E-state index contributed by atoms with van der Waals surface area (Å²) >= 11 is 0. The maximum absolute atomic E-state index is 4.14. The van der Waals surface area contributed by atoms with Gasteiger partial charge >= 0.3 is 0 Å². The summed E-state index contributed by atoms with van der Waals surface area (Å²) in [7, 11) is 3.83. The Hall–Kier alpha value is -1.58. The average molecular weight is 162 g/mol. The molecule has 0 aliphatic heterocycles. The van der Waals surface area contributed by atoms with Crippen LogP contribution in [0.25, 0.3) is 11.0 Å². The SMILES string of the molecule is CNc1ncnc2ccn(C)c12. The van der Waals surface area contributed by atoms with E-state index < -0.39 is 0 Å². The van der Waals surface area contributed by atoms with E-state index >= 15 is 0 Å². The van der Waals surface area contributed by atoms with Gasteiger partial charge in [0.1, 0.15) is 11.8 Å². The number of aryl methyl sites for hydroxylation is 1. The smallest absolute Gasteiger partial charge is 0.153 e. The molecular weight excluding hydrogens is 152 g/mol. The molecule has 0 amide bonds. The molecule has 12 heavy (non-hydrogen) atoms. The van der Waals surface area contributed by atoms with E-state index in [0.717, 1.165) is 16.9 Å². The van der Waals surface area contributed by atoms with Crippen molar-refractivity contribution in [2.45, 2.75) is 0 Å². The molecule has 2 rings (SSSR count). The zero-order chi connectivity index (χ0) is 8.55. The van der Waals surface area contributed by atoms with Crippen LogP contribution in [-0.2, 0) is 7.05 Å². The number of nitrogens with zero attached hydrogens (tertiary/aromatic N) is 3. The van der Waals surface area contributed by atoms with Gasteiger partial charge in [-0.15, -0.1) is 0 Å². The van der Waals surface area contributed by atoms with Gasteiger partial charge in [-0.3, -0.25) is 0 Å². The molecule has 2 aromatic heterocycles. The largest absolute Gasteiger partial charge is 0.371 e. The monoisotopic (exact) mass is 162 g/mol. The van der Waals surface area contributed by atoms with Crippen molar-refractivity contribution < 1.29 is 0 Å². The Labute approximate surface area is 70.3 Å². The van der Waals surface area contributed by atoms with Crippen LogP contribution >= 0.6 is 0 Å². The first-order valence-electron chi connectivity index (χ1n) is 3.76. The fraction of sp³-hybridized carbons (Fsp3) is 0.250. The second-order valence-corrected chi connectivity index (χ2v) is 2.63. The number of fused-ring (bicyclic) bond motifs is 1. The normalized spacial score (nSPS) is 10.5. The van der Waals surface area contributed by atoms with Gasteiger partial charge in [-0.25, -0.2) is 9.97 Å². The summed E-state index contributed by atoms with van der Waals surface area (Å²) in [6.07, 6.45) is 3.54. The minimum absolute atomic E-state index is 0.868. The highest BCUT2D eigenvalue weighted by molar-refractivity contribution is 5.85. The molecule has 62 valence electrons. The Balaban J connectivity index is 2.84. The highest BCUT2D eigenvalue weighted by Gasteiger charge is 2.03. The molecular formula is C8H10N4. The number of anilines is 1. The van der Waals surface area contributed by atoms with E-state index in [9.17, 15) is 0 Å². The van der Waals surface area contributed by atoms with Crippen molar-refractivity contribution >= 4 is 16.9 Å². The van der Waals surface area contributed by atoms with Crippen molar-refractivity contribution in [3.63, 3.8) is 0 Å². The zero-order valence-corrected chi connectivity index (χ0v) is 7.07. The lowest BCUT2D eigenvalue weighted by Gasteiger charge is -2.01. The number of hydrogen-bond donors (Lipinski definition) is 1. The lowest BCUT2D eigenvalue weighted by Crippen LogP contribution is -1.97. The quantitative estimate of drug-likeness (QED) is 0.680. The van der Waals surface area contributed by atoms with Crippen LogP contribution < -0.4 is 5.32 Å². The minimum Gasteiger partial charge on any atom is -0.371 e. The number of hydrogen-bond acceptors (Lipinski definition) is 3. The van der Waals surface area contributed by atoms with E-state index in [0.29, 0.717) is 0 Å². The van der Waals surface area contributed by atoms with E-state index in [1.807, 2.05) is 30.9 Å². The van der Waals surface area contributed by atoms with Crippen LogP contribution in [0.15, 0.2) is 18.6 Å². The molecule has 0 fully saturated rings. The van der Waals surface area contributed by atoms with Gasteiger partial charge in [-0.1, -0.05) is 0 Å². The number of aromatic nitrogens is 3. The molecule has 0 spiro atoms. The van der Waals surface area contributed by atoms with Crippen LogP contribution in [0, 0.1) is 0 Å². The Morgan fingerprint density at radius 2 is 2.25 bits per heavy atom. The molecule has 0 radical (unpaired) electrons. The van der Waals surface area contributed by atoms with E-state index in [4.69, 9.17) is 0 Å². The third kappa shape index (κ3) is 0.845. The van der Waals surface area contributed by atoms with Gasteiger partial charge in [0.25, 0.3) is 0 Å². The second kappa shape index (κ2) is 2.48. The summed E-state index contributed by atoms with van der Waals surface area (Å²) in [4.78, 5) is 8.25. The lowest BCUT2D eigenvalue weighted by molar-refractivity contribution is 0.963. The van der Waals surface area contributed by atoms with Gasteiger partial charge in [0.15, 0.2) is 5.82 Å². The fourth-order valence-electron chi connectivity index (χ4n) is 1.30. The molecule has 1 N–H and O–H groups in total. The minimum atomic E-state index is 0.868. The van der Waals surface area contributed by atoms with Crippen LogP contribution in [0.4, 0.5) is 5.82 Å². The highest BCUT2D eigenvalue weighted by atomic mass is 15.1. The van der Waals surface area contributed by atoms with Crippen LogP contribution in [0.3, 0.4) is 0 Å². The van der Waals surface area contributed by atoms with Crippen LogP contribution in [0.1, 0.15) is 0 Å². The van der Waals surface area contributed by atoms with Gasteiger partial charge in [0.05, 0.1) is 5.52 Å². The summed E-state index contributed by atoms with van der Waals surface area (Å²) in [5.74, 6) is 0.868. The molecule has 4 nitrogen and oxygen atoms in total. The van der Waals surface area contributed by atoms with Gasteiger partial charge in [0.2, 0.25) is 0 Å². The van der Waals surface area contributed by atoms with Crippen molar-refractivity contribution in [2.24, 2.45) is 7.05 Å². The van der Waals surface area contributed by atoms with Crippen molar-refractivity contribution in [3.8, 4) is 0 Å². The summed E-state index contributed by atoms with van der Waals surface area (Å²) < 4.78 is 2.00. The standard InChI is InChI=1S/C8H10N4/c1-9-8-7-6(10-5-11-8)3-4-12(7)2/h3-5H,1-2H3,(H,9,10,11). The van der Waals surface area contributed by atoms with Crippen LogP contribution in [0.2, 0.25) is 0 Å². The fourth-order valence-corrected chi connectivity index (χ4v) is 1.30. The number of nitrogens with one attached hydrogen (secondary N) is 1. The first-order chi connectivity index (χ1) is 5.83. The Kier molecular flexibility index (Phi) is 1.46. The first kappa shape index (κ1) is 7.09. The molecule has 2 aromatic rings. The Morgan fingerprint density at radius 3 is 3.00 bits per heavy atom. The Morgan fingerprint density at radius 1 is 1.42 bits per heavy atom. The molecule has 0 atom stereocenters. The molecule has 2 heterocycles. The molecule has 0 aliphatic carbocycles. The van der Waals surface area contributed by atoms with Crippen LogP contribution in [0.5, 0.6) is 0 Å². The zero-order valence-electron chi connectivity index (χ0n) is 7.07. The van der Waals surface area contributed by atoms with Crippen LogP contribution in [-0.4, -0.2) is 21.6 Å². The maximum atomic E-state index is 4.14. The Bertz CT molecular complexity index is 404. The van der Waals surface area contributed by atoms with E-state index in [2.05, 4.69) is 15.3 Å². The third-order valence-electron chi connectivity index (χ3n) is 1.90. The molecule has 0 bridgehead atoms. The molecule has 0 aromatic carbocycles. The molecule has 0 saturated heterocycles. The summed E-state index contributed by atoms with van der Waals surface area (Å²) in [5, 5.41) is 3.02.